The van der Waals surface area contributed by atoms with Crippen molar-refractivity contribution in [3.8, 4) is 0 Å². The first-order valence-corrected chi connectivity index (χ1v) is 8.48. The van der Waals surface area contributed by atoms with Crippen molar-refractivity contribution in [3.63, 3.8) is 0 Å². The normalized spacial score (nSPS) is 16.9. The van der Waals surface area contributed by atoms with E-state index in [0.29, 0.717) is 6.54 Å². The van der Waals surface area contributed by atoms with Crippen LogP contribution in [0.5, 0.6) is 0 Å². The third kappa shape index (κ3) is 3.27. The van der Waals surface area contributed by atoms with Crippen LogP contribution in [0, 0.1) is 0 Å². The molecule has 2 aromatic rings. The minimum Gasteiger partial charge on any atom is -0.481 e. The Labute approximate surface area is 138 Å². The molecule has 0 radical (unpaired) electrons. The zero-order chi connectivity index (χ0) is 16.4. The Balaban J connectivity index is 1.78. The van der Waals surface area contributed by atoms with Gasteiger partial charge < -0.3 is 10.0 Å². The molecular formula is C17H18N2O3S. The molecule has 0 bridgehead atoms. The molecule has 0 saturated heterocycles. The van der Waals surface area contributed by atoms with Crippen LogP contribution in [0.15, 0.2) is 29.6 Å². The molecule has 120 valence electrons. The van der Waals surface area contributed by atoms with Gasteiger partial charge in [0.1, 0.15) is 0 Å². The number of carboxylic acid groups (broad SMARTS) is 1. The van der Waals surface area contributed by atoms with Gasteiger partial charge in [-0.25, -0.2) is 4.98 Å². The minimum atomic E-state index is -0.892. The van der Waals surface area contributed by atoms with Gasteiger partial charge in [-0.3, -0.25) is 9.59 Å². The predicted molar refractivity (Wildman–Crippen MR) is 87.4 cm³/mol. The molecule has 1 aromatic carbocycles. The van der Waals surface area contributed by atoms with Gasteiger partial charge in [-0.15, -0.1) is 11.3 Å². The van der Waals surface area contributed by atoms with Crippen molar-refractivity contribution < 1.29 is 14.7 Å². The van der Waals surface area contributed by atoms with Gasteiger partial charge in [0.25, 0.3) is 0 Å². The van der Waals surface area contributed by atoms with Gasteiger partial charge in [-0.05, 0) is 17.5 Å². The molecule has 1 atom stereocenters. The number of fused-ring (bicyclic) bond motifs is 1. The quantitative estimate of drug-likeness (QED) is 0.935. The Morgan fingerprint density at radius 1 is 1.39 bits per heavy atom. The Morgan fingerprint density at radius 2 is 2.17 bits per heavy atom. The number of aromatic nitrogens is 1. The van der Waals surface area contributed by atoms with Crippen LogP contribution >= 0.6 is 11.3 Å². The highest BCUT2D eigenvalue weighted by Gasteiger charge is 2.32. The number of aliphatic carboxylic acids is 1. The minimum absolute atomic E-state index is 0.0706. The number of amides is 1. The molecule has 1 unspecified atom stereocenters. The van der Waals surface area contributed by atoms with E-state index in [2.05, 4.69) is 4.98 Å². The number of thiazole rings is 1. The van der Waals surface area contributed by atoms with Crippen molar-refractivity contribution >= 4 is 23.2 Å². The smallest absolute Gasteiger partial charge is 0.312 e. The van der Waals surface area contributed by atoms with Crippen molar-refractivity contribution in [2.24, 2.45) is 0 Å². The Kier molecular flexibility index (Phi) is 4.43. The number of nitrogens with zero attached hydrogens (tertiary/aromatic N) is 2. The van der Waals surface area contributed by atoms with Gasteiger partial charge in [-0.1, -0.05) is 31.2 Å². The van der Waals surface area contributed by atoms with Crippen LogP contribution in [0.2, 0.25) is 0 Å². The first-order valence-electron chi connectivity index (χ1n) is 7.60. The molecule has 1 N–H and O–H groups in total. The summed E-state index contributed by atoms with van der Waals surface area (Å²) in [4.78, 5) is 30.1. The number of rotatable bonds is 4. The highest BCUT2D eigenvalue weighted by atomic mass is 32.1. The lowest BCUT2D eigenvalue weighted by Gasteiger charge is -2.32. The summed E-state index contributed by atoms with van der Waals surface area (Å²) in [6.07, 6.45) is 1.09. The van der Waals surface area contributed by atoms with Crippen LogP contribution < -0.4 is 0 Å². The Bertz CT molecular complexity index is 741. The van der Waals surface area contributed by atoms with Gasteiger partial charge in [0, 0.05) is 18.5 Å². The summed E-state index contributed by atoms with van der Waals surface area (Å²) in [5.41, 5.74) is 2.49. The highest BCUT2D eigenvalue weighted by molar-refractivity contribution is 7.09. The van der Waals surface area contributed by atoms with Gasteiger partial charge >= 0.3 is 5.97 Å². The maximum atomic E-state index is 12.5. The van der Waals surface area contributed by atoms with Gasteiger partial charge in [-0.2, -0.15) is 0 Å². The summed E-state index contributed by atoms with van der Waals surface area (Å²) in [6, 6.07) is 7.44. The molecule has 5 nitrogen and oxygen atoms in total. The van der Waals surface area contributed by atoms with Crippen LogP contribution in [0.3, 0.4) is 0 Å². The average Bonchev–Trinajstić information content (AvgIpc) is 3.01. The number of aryl methyl sites for hydroxylation is 1. The zero-order valence-electron chi connectivity index (χ0n) is 12.9. The fraction of sp³-hybridized carbons (Fsp3) is 0.353. The van der Waals surface area contributed by atoms with Crippen LogP contribution in [-0.4, -0.2) is 33.4 Å². The lowest BCUT2D eigenvalue weighted by Crippen LogP contribution is -2.41. The fourth-order valence-corrected chi connectivity index (χ4v) is 3.61. The first-order chi connectivity index (χ1) is 11.1. The van der Waals surface area contributed by atoms with Crippen LogP contribution in [-0.2, 0) is 29.0 Å². The average molecular weight is 330 g/mol. The van der Waals surface area contributed by atoms with Gasteiger partial charge in [0.05, 0.1) is 23.0 Å². The van der Waals surface area contributed by atoms with E-state index in [4.69, 9.17) is 0 Å². The molecule has 23 heavy (non-hydrogen) atoms. The molecule has 1 aliphatic heterocycles. The number of carbonyl (C=O) groups is 2. The van der Waals surface area contributed by atoms with E-state index in [1.807, 2.05) is 36.6 Å². The van der Waals surface area contributed by atoms with Crippen molar-refractivity contribution in [1.29, 1.82) is 0 Å². The van der Waals surface area contributed by atoms with E-state index in [9.17, 15) is 14.7 Å². The number of hydrogen-bond acceptors (Lipinski definition) is 4. The van der Waals surface area contributed by atoms with Gasteiger partial charge in [0.15, 0.2) is 0 Å². The molecule has 0 fully saturated rings. The number of benzene rings is 1. The van der Waals surface area contributed by atoms with Gasteiger partial charge in [0.2, 0.25) is 5.91 Å². The van der Waals surface area contributed by atoms with E-state index in [-0.39, 0.29) is 18.9 Å². The molecule has 1 aliphatic rings. The Morgan fingerprint density at radius 3 is 2.87 bits per heavy atom. The van der Waals surface area contributed by atoms with Crippen molar-refractivity contribution in [1.82, 2.24) is 9.88 Å². The molecule has 0 spiro atoms. The SMILES string of the molecule is CCc1nc(CC(=O)N2Cc3ccccc3C(C(=O)O)C2)cs1. The molecule has 1 aromatic heterocycles. The molecule has 6 heteroatoms. The highest BCUT2D eigenvalue weighted by Crippen LogP contribution is 2.29. The predicted octanol–water partition coefficient (Wildman–Crippen LogP) is 2.46. The van der Waals surface area contributed by atoms with E-state index in [1.54, 1.807) is 16.2 Å². The molecule has 3 rings (SSSR count). The summed E-state index contributed by atoms with van der Waals surface area (Å²) in [6.45, 7) is 2.71. The van der Waals surface area contributed by atoms with Crippen molar-refractivity contribution in [3.05, 3.63) is 51.5 Å². The maximum absolute atomic E-state index is 12.5. The standard InChI is InChI=1S/C17H18N2O3S/c1-2-15-18-12(10-23-15)7-16(20)19-8-11-5-3-4-6-13(11)14(9-19)17(21)22/h3-6,10,14H,2,7-9H2,1H3,(H,21,22). The van der Waals surface area contributed by atoms with Crippen LogP contribution in [0.4, 0.5) is 0 Å². The molecule has 0 saturated carbocycles. The zero-order valence-corrected chi connectivity index (χ0v) is 13.7. The summed E-state index contributed by atoms with van der Waals surface area (Å²) in [5, 5.41) is 12.4. The molecule has 0 aliphatic carbocycles. The van der Waals surface area contributed by atoms with Crippen LogP contribution in [0.1, 0.15) is 34.7 Å². The second-order valence-corrected chi connectivity index (χ2v) is 6.57. The maximum Gasteiger partial charge on any atom is 0.312 e. The second kappa shape index (κ2) is 6.50. The lowest BCUT2D eigenvalue weighted by atomic mass is 9.89. The lowest BCUT2D eigenvalue weighted by molar-refractivity contribution is -0.141. The second-order valence-electron chi connectivity index (χ2n) is 5.63. The summed E-state index contributed by atoms with van der Waals surface area (Å²) >= 11 is 1.56. The van der Waals surface area contributed by atoms with E-state index >= 15 is 0 Å². The fourth-order valence-electron chi connectivity index (χ4n) is 2.87. The topological polar surface area (TPSA) is 70.5 Å². The molecule has 2 heterocycles. The molecular weight excluding hydrogens is 312 g/mol. The summed E-state index contributed by atoms with van der Waals surface area (Å²) in [7, 11) is 0. The van der Waals surface area contributed by atoms with Crippen molar-refractivity contribution in [2.45, 2.75) is 32.2 Å². The summed E-state index contributed by atoms with van der Waals surface area (Å²) < 4.78 is 0. The Hall–Kier alpha value is -2.21. The van der Waals surface area contributed by atoms with E-state index < -0.39 is 11.9 Å². The first kappa shape index (κ1) is 15.7. The van der Waals surface area contributed by atoms with E-state index in [0.717, 1.165) is 28.2 Å². The van der Waals surface area contributed by atoms with E-state index in [1.165, 1.54) is 0 Å². The number of hydrogen-bond donors (Lipinski definition) is 1. The monoisotopic (exact) mass is 330 g/mol. The third-order valence-electron chi connectivity index (χ3n) is 4.08. The third-order valence-corrected chi connectivity index (χ3v) is 5.12. The van der Waals surface area contributed by atoms with Crippen molar-refractivity contribution in [2.75, 3.05) is 6.54 Å². The van der Waals surface area contributed by atoms with Crippen LogP contribution in [0.25, 0.3) is 0 Å². The number of carbonyl (C=O) groups excluding carboxylic acids is 1. The molecule has 1 amide bonds. The largest absolute Gasteiger partial charge is 0.481 e. The summed E-state index contributed by atoms with van der Waals surface area (Å²) in [5.74, 6) is -1.62. The number of carboxylic acids is 1.